The molecule has 0 saturated carbocycles. The van der Waals surface area contributed by atoms with Gasteiger partial charge in [0.25, 0.3) is 0 Å². The third kappa shape index (κ3) is 10.2. The normalized spacial score (nSPS) is 11.8. The quantitative estimate of drug-likeness (QED) is 0.496. The Balaban J connectivity index is 2.61. The number of esters is 2. The summed E-state index contributed by atoms with van der Waals surface area (Å²) in [5.41, 5.74) is 0.808. The highest BCUT2D eigenvalue weighted by atomic mass is 16.6. The molecule has 0 saturated heterocycles. The van der Waals surface area contributed by atoms with Crippen LogP contribution in [0, 0.1) is 11.8 Å². The standard InChI is InChI=1S/C20H29NO6/c1-14(2)11-25-18(22)10-17(19(23)26-12-15(3)4)21-20(24)27-13-16-8-6-5-7-9-16/h5-9,14-15,17H,10-13H2,1-4H3,(H,21,24)/t17-/m1/s1. The van der Waals surface area contributed by atoms with Crippen molar-refractivity contribution in [3.05, 3.63) is 35.9 Å². The van der Waals surface area contributed by atoms with Gasteiger partial charge in [-0.15, -0.1) is 0 Å². The van der Waals surface area contributed by atoms with Crippen molar-refractivity contribution < 1.29 is 28.6 Å². The molecule has 0 bridgehead atoms. The van der Waals surface area contributed by atoms with Gasteiger partial charge in [-0.1, -0.05) is 58.0 Å². The first-order valence-corrected chi connectivity index (χ1v) is 9.07. The summed E-state index contributed by atoms with van der Waals surface area (Å²) in [4.78, 5) is 36.2. The van der Waals surface area contributed by atoms with E-state index >= 15 is 0 Å². The van der Waals surface area contributed by atoms with Crippen LogP contribution >= 0.6 is 0 Å². The molecule has 150 valence electrons. The summed E-state index contributed by atoms with van der Waals surface area (Å²) in [6, 6.07) is 7.97. The van der Waals surface area contributed by atoms with Gasteiger partial charge in [-0.25, -0.2) is 9.59 Å². The molecule has 7 heteroatoms. The van der Waals surface area contributed by atoms with Crippen molar-refractivity contribution in [2.75, 3.05) is 13.2 Å². The predicted molar refractivity (Wildman–Crippen MR) is 99.8 cm³/mol. The summed E-state index contributed by atoms with van der Waals surface area (Å²) < 4.78 is 15.3. The number of rotatable bonds is 10. The SMILES string of the molecule is CC(C)COC(=O)C[C@@H](NC(=O)OCc1ccccc1)C(=O)OCC(C)C. The van der Waals surface area contributed by atoms with Crippen LogP contribution in [0.4, 0.5) is 4.79 Å². The lowest BCUT2D eigenvalue weighted by molar-refractivity contribution is -0.153. The third-order valence-electron chi connectivity index (χ3n) is 3.30. The molecule has 0 radical (unpaired) electrons. The summed E-state index contributed by atoms with van der Waals surface area (Å²) in [7, 11) is 0. The zero-order valence-electron chi connectivity index (χ0n) is 16.4. The van der Waals surface area contributed by atoms with Crippen LogP contribution in [0.5, 0.6) is 0 Å². The number of benzene rings is 1. The van der Waals surface area contributed by atoms with Crippen LogP contribution in [0.1, 0.15) is 39.7 Å². The molecule has 0 aromatic heterocycles. The van der Waals surface area contributed by atoms with Gasteiger partial charge < -0.3 is 19.5 Å². The lowest BCUT2D eigenvalue weighted by atomic mass is 10.2. The molecule has 1 atom stereocenters. The molecule has 0 fully saturated rings. The maximum absolute atomic E-state index is 12.2. The molecule has 1 aromatic rings. The minimum atomic E-state index is -1.16. The fourth-order valence-corrected chi connectivity index (χ4v) is 1.93. The average molecular weight is 379 g/mol. The Morgan fingerprint density at radius 1 is 0.889 bits per heavy atom. The van der Waals surface area contributed by atoms with E-state index in [1.807, 2.05) is 58.0 Å². The molecule has 1 amide bonds. The Bertz CT molecular complexity index is 600. The van der Waals surface area contributed by atoms with E-state index in [0.29, 0.717) is 0 Å². The second kappa shape index (κ2) is 11.9. The van der Waals surface area contributed by atoms with E-state index in [2.05, 4.69) is 5.32 Å². The van der Waals surface area contributed by atoms with Gasteiger partial charge in [0.2, 0.25) is 0 Å². The van der Waals surface area contributed by atoms with E-state index in [9.17, 15) is 14.4 Å². The number of carbonyl (C=O) groups excluding carboxylic acids is 3. The summed E-state index contributed by atoms with van der Waals surface area (Å²) in [6.07, 6.45) is -1.12. The highest BCUT2D eigenvalue weighted by molar-refractivity contribution is 5.86. The van der Waals surface area contributed by atoms with E-state index in [4.69, 9.17) is 14.2 Å². The first kappa shape index (κ1) is 22.5. The van der Waals surface area contributed by atoms with Crippen LogP contribution in [0.15, 0.2) is 30.3 Å². The first-order chi connectivity index (χ1) is 12.8. The average Bonchev–Trinajstić information content (AvgIpc) is 2.63. The molecule has 0 aliphatic rings. The molecule has 0 unspecified atom stereocenters. The first-order valence-electron chi connectivity index (χ1n) is 9.07. The lowest BCUT2D eigenvalue weighted by Gasteiger charge is -2.18. The molecule has 1 aromatic carbocycles. The summed E-state index contributed by atoms with van der Waals surface area (Å²) in [5, 5.41) is 2.39. The van der Waals surface area contributed by atoms with Crippen LogP contribution < -0.4 is 5.32 Å². The Morgan fingerprint density at radius 2 is 1.48 bits per heavy atom. The van der Waals surface area contributed by atoms with Gasteiger partial charge in [0.15, 0.2) is 0 Å². The van der Waals surface area contributed by atoms with Gasteiger partial charge in [-0.2, -0.15) is 0 Å². The molecule has 0 heterocycles. The maximum atomic E-state index is 12.2. The van der Waals surface area contributed by atoms with Gasteiger partial charge in [-0.3, -0.25) is 4.79 Å². The van der Waals surface area contributed by atoms with E-state index in [-0.39, 0.29) is 38.1 Å². The molecule has 0 aliphatic heterocycles. The Hall–Kier alpha value is -2.57. The van der Waals surface area contributed by atoms with Crippen molar-refractivity contribution in [2.24, 2.45) is 11.8 Å². The summed E-state index contributed by atoms with van der Waals surface area (Å²) in [5.74, 6) is -0.975. The second-order valence-electron chi connectivity index (χ2n) is 7.06. The van der Waals surface area contributed by atoms with E-state index < -0.39 is 24.1 Å². The van der Waals surface area contributed by atoms with Gasteiger partial charge in [0.05, 0.1) is 19.6 Å². The van der Waals surface area contributed by atoms with E-state index in [1.165, 1.54) is 0 Å². The molecular weight excluding hydrogens is 350 g/mol. The maximum Gasteiger partial charge on any atom is 0.408 e. The number of amides is 1. The molecular formula is C20H29NO6. The molecule has 1 rings (SSSR count). The van der Waals surface area contributed by atoms with E-state index in [1.54, 1.807) is 0 Å². The highest BCUT2D eigenvalue weighted by Gasteiger charge is 2.27. The minimum absolute atomic E-state index is 0.0538. The van der Waals surface area contributed by atoms with Crippen molar-refractivity contribution >= 4 is 18.0 Å². The van der Waals surface area contributed by atoms with Crippen molar-refractivity contribution in [2.45, 2.75) is 46.8 Å². The van der Waals surface area contributed by atoms with Crippen LogP contribution in [-0.4, -0.2) is 37.3 Å². The summed E-state index contributed by atoms with van der Waals surface area (Å²) in [6.45, 7) is 8.07. The zero-order chi connectivity index (χ0) is 20.2. The smallest absolute Gasteiger partial charge is 0.408 e. The molecule has 0 aliphatic carbocycles. The minimum Gasteiger partial charge on any atom is -0.465 e. The van der Waals surface area contributed by atoms with Gasteiger partial charge >= 0.3 is 18.0 Å². The van der Waals surface area contributed by atoms with Crippen LogP contribution in [0.3, 0.4) is 0 Å². The van der Waals surface area contributed by atoms with Crippen molar-refractivity contribution in [1.82, 2.24) is 5.32 Å². The largest absolute Gasteiger partial charge is 0.465 e. The monoisotopic (exact) mass is 379 g/mol. The Morgan fingerprint density at radius 3 is 2.07 bits per heavy atom. The van der Waals surface area contributed by atoms with Crippen LogP contribution in [0.25, 0.3) is 0 Å². The number of alkyl carbamates (subject to hydrolysis) is 1. The number of hydrogen-bond donors (Lipinski definition) is 1. The highest BCUT2D eigenvalue weighted by Crippen LogP contribution is 2.05. The Kier molecular flexibility index (Phi) is 9.93. The van der Waals surface area contributed by atoms with Gasteiger partial charge in [-0.05, 0) is 17.4 Å². The molecule has 0 spiro atoms. The lowest BCUT2D eigenvalue weighted by Crippen LogP contribution is -2.44. The number of hydrogen-bond acceptors (Lipinski definition) is 6. The summed E-state index contributed by atoms with van der Waals surface area (Å²) >= 11 is 0. The molecule has 27 heavy (non-hydrogen) atoms. The fourth-order valence-electron chi connectivity index (χ4n) is 1.93. The third-order valence-corrected chi connectivity index (χ3v) is 3.30. The number of ether oxygens (including phenoxy) is 3. The van der Waals surface area contributed by atoms with Gasteiger partial charge in [0, 0.05) is 0 Å². The van der Waals surface area contributed by atoms with Crippen molar-refractivity contribution in [1.29, 1.82) is 0 Å². The van der Waals surface area contributed by atoms with Gasteiger partial charge in [0.1, 0.15) is 12.6 Å². The zero-order valence-corrected chi connectivity index (χ0v) is 16.4. The van der Waals surface area contributed by atoms with Crippen molar-refractivity contribution in [3.8, 4) is 0 Å². The van der Waals surface area contributed by atoms with E-state index in [0.717, 1.165) is 5.56 Å². The fraction of sp³-hybridized carbons (Fsp3) is 0.550. The topological polar surface area (TPSA) is 90.9 Å². The van der Waals surface area contributed by atoms with Crippen LogP contribution in [-0.2, 0) is 30.4 Å². The van der Waals surface area contributed by atoms with Crippen molar-refractivity contribution in [3.63, 3.8) is 0 Å². The number of nitrogens with one attached hydrogen (secondary N) is 1. The Labute approximate surface area is 160 Å². The molecule has 7 nitrogen and oxygen atoms in total. The number of carbonyl (C=O) groups is 3. The second-order valence-corrected chi connectivity index (χ2v) is 7.06. The molecule has 1 N–H and O–H groups in total. The van der Waals surface area contributed by atoms with Crippen LogP contribution in [0.2, 0.25) is 0 Å². The predicted octanol–water partition coefficient (Wildman–Crippen LogP) is 3.07.